The Labute approximate surface area is 267 Å². The molecule has 12 nitrogen and oxygen atoms in total. The number of halogens is 5. The molecular formula is C30H38F5N9O3. The molecule has 2 N–H and O–H groups in total. The van der Waals surface area contributed by atoms with E-state index >= 15 is 0 Å². The van der Waals surface area contributed by atoms with Crippen LogP contribution in [-0.2, 0) is 22.5 Å². The van der Waals surface area contributed by atoms with Gasteiger partial charge in [-0.05, 0) is 45.1 Å². The maximum Gasteiger partial charge on any atom is 0.393 e. The van der Waals surface area contributed by atoms with Crippen molar-refractivity contribution >= 4 is 23.4 Å². The van der Waals surface area contributed by atoms with Gasteiger partial charge in [-0.3, -0.25) is 14.3 Å². The monoisotopic (exact) mass is 667 g/mol. The van der Waals surface area contributed by atoms with Gasteiger partial charge >= 0.3 is 6.18 Å². The van der Waals surface area contributed by atoms with Gasteiger partial charge in [-0.25, -0.2) is 18.3 Å². The maximum atomic E-state index is 14.7. The number of anilines is 1. The molecule has 0 spiro atoms. The molecule has 5 heterocycles. The summed E-state index contributed by atoms with van der Waals surface area (Å²) in [6.45, 7) is 4.89. The van der Waals surface area contributed by atoms with E-state index in [0.717, 1.165) is 0 Å². The highest BCUT2D eigenvalue weighted by atomic mass is 19.4. The summed E-state index contributed by atoms with van der Waals surface area (Å²) in [5.74, 6) is -6.73. The quantitative estimate of drug-likeness (QED) is 0.348. The number of nitrogens with one attached hydrogen (secondary N) is 2. The van der Waals surface area contributed by atoms with Gasteiger partial charge in [-0.2, -0.15) is 28.4 Å². The number of rotatable bonds is 8. The average Bonchev–Trinajstić information content (AvgIpc) is 3.66. The number of hydrogen-bond donors (Lipinski definition) is 2. The third-order valence-electron chi connectivity index (χ3n) is 9.29. The molecule has 0 bridgehead atoms. The fourth-order valence-corrected chi connectivity index (χ4v) is 6.89. The number of nitrogens with zero attached hydrogens (tertiary/aromatic N) is 7. The van der Waals surface area contributed by atoms with Gasteiger partial charge in [0.25, 0.3) is 11.7 Å². The van der Waals surface area contributed by atoms with Crippen LogP contribution in [0.15, 0.2) is 18.5 Å². The lowest BCUT2D eigenvalue weighted by atomic mass is 9.80. The van der Waals surface area contributed by atoms with Crippen LogP contribution in [0.3, 0.4) is 0 Å². The number of amides is 2. The van der Waals surface area contributed by atoms with Crippen molar-refractivity contribution in [3.05, 3.63) is 35.5 Å². The number of carbonyl (C=O) groups is 2. The van der Waals surface area contributed by atoms with Crippen LogP contribution >= 0.6 is 0 Å². The summed E-state index contributed by atoms with van der Waals surface area (Å²) in [6.07, 6.45) is -2.11. The van der Waals surface area contributed by atoms with Crippen LogP contribution in [0.4, 0.5) is 27.8 Å². The average molecular weight is 668 g/mol. The van der Waals surface area contributed by atoms with E-state index < -0.39 is 60.7 Å². The Kier molecular flexibility index (Phi) is 9.11. The first-order valence-electron chi connectivity index (χ1n) is 16.0. The van der Waals surface area contributed by atoms with Gasteiger partial charge < -0.3 is 20.3 Å². The van der Waals surface area contributed by atoms with Gasteiger partial charge in [-0.1, -0.05) is 0 Å². The fraction of sp³-hybridized carbons (Fsp3) is 0.667. The number of imidazole rings is 1. The van der Waals surface area contributed by atoms with Crippen LogP contribution in [0.25, 0.3) is 5.78 Å². The predicted molar refractivity (Wildman–Crippen MR) is 158 cm³/mol. The minimum absolute atomic E-state index is 0.105. The van der Waals surface area contributed by atoms with Gasteiger partial charge in [0.1, 0.15) is 11.4 Å². The Balaban J connectivity index is 1.38. The Hall–Kier alpha value is -3.89. The van der Waals surface area contributed by atoms with Gasteiger partial charge in [0.2, 0.25) is 11.8 Å². The molecule has 0 aromatic carbocycles. The number of aryl methyl sites for hydroxylation is 1. The summed E-state index contributed by atoms with van der Waals surface area (Å²) in [5.41, 5.74) is 0.846. The number of alkyl halides is 5. The first-order valence-corrected chi connectivity index (χ1v) is 16.0. The van der Waals surface area contributed by atoms with Gasteiger partial charge in [-0.15, -0.1) is 0 Å². The summed E-state index contributed by atoms with van der Waals surface area (Å²) in [6, 6.07) is 0.634. The lowest BCUT2D eigenvalue weighted by molar-refractivity contribution is -0.183. The van der Waals surface area contributed by atoms with Gasteiger partial charge in [0, 0.05) is 57.6 Å². The largest absolute Gasteiger partial charge is 0.393 e. The predicted octanol–water partition coefficient (Wildman–Crippen LogP) is 3.72. The first-order chi connectivity index (χ1) is 22.3. The Morgan fingerprint density at radius 3 is 2.81 bits per heavy atom. The zero-order chi connectivity index (χ0) is 33.5. The lowest BCUT2D eigenvalue weighted by Crippen LogP contribution is -2.47. The molecule has 3 aromatic heterocycles. The molecule has 2 saturated heterocycles. The van der Waals surface area contributed by atoms with E-state index in [1.165, 1.54) is 21.6 Å². The number of morpholine rings is 1. The second-order valence-electron chi connectivity index (χ2n) is 12.7. The van der Waals surface area contributed by atoms with Crippen LogP contribution in [-0.4, -0.2) is 85.6 Å². The smallest absolute Gasteiger partial charge is 0.375 e. The van der Waals surface area contributed by atoms with Crippen molar-refractivity contribution in [3.8, 4) is 0 Å². The number of ether oxygens (including phenoxy) is 1. The SMILES string of the molecule is CCn1nccc1C(=O)N[C@H](c1cn2nc(CC3C[C@@H](C(F)(F)F)CNC3=O)c(N3CCO[C@@H](C)C3)nc2n1)[C@@H]1CCCC(F)(F)C1. The van der Waals surface area contributed by atoms with Crippen molar-refractivity contribution in [2.75, 3.05) is 31.1 Å². The number of piperidine rings is 1. The second kappa shape index (κ2) is 13.0. The molecule has 1 aliphatic carbocycles. The molecule has 3 aromatic rings. The fourth-order valence-electron chi connectivity index (χ4n) is 6.89. The van der Waals surface area contributed by atoms with Crippen molar-refractivity contribution in [1.29, 1.82) is 0 Å². The van der Waals surface area contributed by atoms with E-state index in [9.17, 15) is 31.5 Å². The van der Waals surface area contributed by atoms with E-state index in [1.807, 2.05) is 18.7 Å². The molecule has 0 radical (unpaired) electrons. The molecule has 17 heteroatoms. The van der Waals surface area contributed by atoms with E-state index in [1.54, 1.807) is 6.07 Å². The molecule has 2 aliphatic heterocycles. The highest BCUT2D eigenvalue weighted by Gasteiger charge is 2.45. The van der Waals surface area contributed by atoms with Gasteiger partial charge in [0.15, 0.2) is 5.82 Å². The summed E-state index contributed by atoms with van der Waals surface area (Å²) in [7, 11) is 0. The summed E-state index contributed by atoms with van der Waals surface area (Å²) in [5, 5.41) is 14.1. The number of fused-ring (bicyclic) bond motifs is 1. The lowest BCUT2D eigenvalue weighted by Gasteiger charge is -2.34. The van der Waals surface area contributed by atoms with Crippen molar-refractivity contribution in [2.45, 2.75) is 83.2 Å². The molecule has 1 unspecified atom stereocenters. The Morgan fingerprint density at radius 2 is 2.09 bits per heavy atom. The number of hydrogen-bond acceptors (Lipinski definition) is 8. The summed E-state index contributed by atoms with van der Waals surface area (Å²) in [4.78, 5) is 37.5. The molecule has 5 atom stereocenters. The minimum atomic E-state index is -4.46. The highest BCUT2D eigenvalue weighted by Crippen LogP contribution is 2.42. The highest BCUT2D eigenvalue weighted by molar-refractivity contribution is 5.92. The van der Waals surface area contributed by atoms with Crippen LogP contribution in [0.5, 0.6) is 0 Å². The zero-order valence-electron chi connectivity index (χ0n) is 26.1. The third-order valence-corrected chi connectivity index (χ3v) is 9.29. The van der Waals surface area contributed by atoms with E-state index in [-0.39, 0.29) is 49.0 Å². The molecule has 3 aliphatic rings. The van der Waals surface area contributed by atoms with Crippen molar-refractivity contribution < 1.29 is 36.3 Å². The Bertz CT molecular complexity index is 1610. The van der Waals surface area contributed by atoms with E-state index in [0.29, 0.717) is 44.2 Å². The normalized spacial score (nSPS) is 25.9. The van der Waals surface area contributed by atoms with Crippen molar-refractivity contribution in [3.63, 3.8) is 0 Å². The standard InChI is InChI=1S/C30H38F5N9O3/c1-3-43-23(6-8-37-43)27(46)39-24(18-5-4-7-29(31,32)13-18)22-16-44-28(38-22)40-25(42-9-10-47-17(2)15-42)21(41-44)12-19-11-20(30(33,34)35)14-36-26(19)45/h6,8,16-20,24H,3-5,7,9-15H2,1-2H3,(H,36,45)(H,39,46)/t17-,18+,19?,20+,24-/m0/s1. The summed E-state index contributed by atoms with van der Waals surface area (Å²) < 4.78 is 78.7. The van der Waals surface area contributed by atoms with Crippen LogP contribution in [0.2, 0.25) is 0 Å². The second-order valence-corrected chi connectivity index (χ2v) is 12.7. The molecule has 1 saturated carbocycles. The Morgan fingerprint density at radius 1 is 1.28 bits per heavy atom. The maximum absolute atomic E-state index is 14.7. The minimum Gasteiger partial charge on any atom is -0.375 e. The van der Waals surface area contributed by atoms with Crippen molar-refractivity contribution in [1.82, 2.24) is 40.0 Å². The summed E-state index contributed by atoms with van der Waals surface area (Å²) >= 11 is 0. The van der Waals surface area contributed by atoms with Crippen LogP contribution in [0, 0.1) is 17.8 Å². The molecular weight excluding hydrogens is 629 g/mol. The van der Waals surface area contributed by atoms with Crippen LogP contribution in [0.1, 0.15) is 73.9 Å². The molecule has 2 amide bonds. The molecule has 256 valence electrons. The molecule has 47 heavy (non-hydrogen) atoms. The first kappa shape index (κ1) is 33.0. The number of aromatic nitrogens is 6. The molecule has 3 fully saturated rings. The number of carbonyl (C=O) groups excluding carboxylic acids is 2. The van der Waals surface area contributed by atoms with Crippen LogP contribution < -0.4 is 15.5 Å². The van der Waals surface area contributed by atoms with E-state index in [4.69, 9.17) is 14.8 Å². The third kappa shape index (κ3) is 7.18. The van der Waals surface area contributed by atoms with E-state index in [2.05, 4.69) is 20.7 Å². The van der Waals surface area contributed by atoms with Gasteiger partial charge in [0.05, 0.1) is 36.6 Å². The zero-order valence-corrected chi connectivity index (χ0v) is 26.1. The topological polar surface area (TPSA) is 132 Å². The van der Waals surface area contributed by atoms with Crippen molar-refractivity contribution in [2.24, 2.45) is 17.8 Å². The molecule has 6 rings (SSSR count).